The Morgan fingerprint density at radius 2 is 1.93 bits per heavy atom. The SMILES string of the molecule is CCn1c(=NC(=O)C(C)(C)Oc2ccc(Cl)cc2)sc2cc3c(cc21)OCO3. The molecule has 0 radical (unpaired) electrons. The van der Waals surface area contributed by atoms with E-state index in [2.05, 4.69) is 4.99 Å². The highest BCUT2D eigenvalue weighted by molar-refractivity contribution is 7.16. The molecule has 4 rings (SSSR count). The molecule has 1 aliphatic rings. The van der Waals surface area contributed by atoms with Crippen LogP contribution in [0.25, 0.3) is 10.2 Å². The zero-order valence-electron chi connectivity index (χ0n) is 15.7. The molecule has 1 aliphatic heterocycles. The number of fused-ring (bicyclic) bond motifs is 2. The number of hydrogen-bond acceptors (Lipinski definition) is 5. The van der Waals surface area contributed by atoms with E-state index in [4.69, 9.17) is 25.8 Å². The van der Waals surface area contributed by atoms with Crippen molar-refractivity contribution in [2.45, 2.75) is 32.9 Å². The van der Waals surface area contributed by atoms with Crippen molar-refractivity contribution in [1.29, 1.82) is 0 Å². The Labute approximate surface area is 170 Å². The summed E-state index contributed by atoms with van der Waals surface area (Å²) in [5.74, 6) is 1.61. The average Bonchev–Trinajstić information content (AvgIpc) is 3.24. The summed E-state index contributed by atoms with van der Waals surface area (Å²) in [5.41, 5.74) is -0.163. The number of ether oxygens (including phenoxy) is 3. The molecule has 146 valence electrons. The third-order valence-electron chi connectivity index (χ3n) is 4.39. The molecule has 0 bridgehead atoms. The highest BCUT2D eigenvalue weighted by Gasteiger charge is 2.30. The smallest absolute Gasteiger partial charge is 0.291 e. The van der Waals surface area contributed by atoms with E-state index in [0.29, 0.717) is 33.6 Å². The van der Waals surface area contributed by atoms with Crippen LogP contribution in [0.2, 0.25) is 5.02 Å². The lowest BCUT2D eigenvalue weighted by Crippen LogP contribution is -2.38. The minimum absolute atomic E-state index is 0.227. The van der Waals surface area contributed by atoms with E-state index in [1.165, 1.54) is 11.3 Å². The molecule has 0 saturated carbocycles. The molecule has 0 spiro atoms. The molecule has 2 aromatic carbocycles. The lowest BCUT2D eigenvalue weighted by molar-refractivity contribution is -0.130. The summed E-state index contributed by atoms with van der Waals surface area (Å²) in [4.78, 5) is 17.9. The molecule has 6 nitrogen and oxygen atoms in total. The van der Waals surface area contributed by atoms with Crippen molar-refractivity contribution < 1.29 is 19.0 Å². The number of halogens is 1. The van der Waals surface area contributed by atoms with Crippen LogP contribution in [0.3, 0.4) is 0 Å². The van der Waals surface area contributed by atoms with Crippen LogP contribution in [0.4, 0.5) is 0 Å². The number of rotatable bonds is 4. The predicted octanol–water partition coefficient (Wildman–Crippen LogP) is 4.39. The van der Waals surface area contributed by atoms with Crippen molar-refractivity contribution in [3.05, 3.63) is 46.2 Å². The van der Waals surface area contributed by atoms with Crippen LogP contribution in [0.15, 0.2) is 41.4 Å². The first-order valence-corrected chi connectivity index (χ1v) is 10.0. The van der Waals surface area contributed by atoms with Gasteiger partial charge in [-0.3, -0.25) is 4.79 Å². The molecule has 2 heterocycles. The second-order valence-corrected chi connectivity index (χ2v) is 8.23. The fraction of sp³-hybridized carbons (Fsp3) is 0.300. The van der Waals surface area contributed by atoms with Gasteiger partial charge in [-0.2, -0.15) is 4.99 Å². The van der Waals surface area contributed by atoms with Crippen molar-refractivity contribution in [1.82, 2.24) is 4.57 Å². The summed E-state index contributed by atoms with van der Waals surface area (Å²) >= 11 is 7.34. The number of carbonyl (C=O) groups excluding carboxylic acids is 1. The Morgan fingerprint density at radius 3 is 2.61 bits per heavy atom. The highest BCUT2D eigenvalue weighted by atomic mass is 35.5. The molecule has 0 unspecified atom stereocenters. The first-order chi connectivity index (χ1) is 13.4. The van der Waals surface area contributed by atoms with Gasteiger partial charge in [-0.15, -0.1) is 0 Å². The molecule has 0 saturated heterocycles. The van der Waals surface area contributed by atoms with Gasteiger partial charge in [0.25, 0.3) is 5.91 Å². The van der Waals surface area contributed by atoms with Gasteiger partial charge in [-0.1, -0.05) is 22.9 Å². The van der Waals surface area contributed by atoms with E-state index in [0.717, 1.165) is 10.2 Å². The predicted molar refractivity (Wildman–Crippen MR) is 108 cm³/mol. The quantitative estimate of drug-likeness (QED) is 0.630. The van der Waals surface area contributed by atoms with E-state index in [9.17, 15) is 4.79 Å². The summed E-state index contributed by atoms with van der Waals surface area (Å²) in [7, 11) is 0. The van der Waals surface area contributed by atoms with Gasteiger partial charge in [-0.25, -0.2) is 0 Å². The fourth-order valence-electron chi connectivity index (χ4n) is 2.91. The van der Waals surface area contributed by atoms with Crippen molar-refractivity contribution in [2.75, 3.05) is 6.79 Å². The van der Waals surface area contributed by atoms with Crippen molar-refractivity contribution in [3.8, 4) is 17.2 Å². The number of amides is 1. The first-order valence-electron chi connectivity index (χ1n) is 8.84. The van der Waals surface area contributed by atoms with Crippen LogP contribution in [0.1, 0.15) is 20.8 Å². The van der Waals surface area contributed by atoms with E-state index in [1.54, 1.807) is 38.1 Å². The van der Waals surface area contributed by atoms with Crippen LogP contribution in [0.5, 0.6) is 17.2 Å². The Kier molecular flexibility index (Phi) is 4.81. The monoisotopic (exact) mass is 418 g/mol. The summed E-state index contributed by atoms with van der Waals surface area (Å²) in [6.07, 6.45) is 0. The maximum absolute atomic E-state index is 12.9. The Balaban J connectivity index is 1.70. The van der Waals surface area contributed by atoms with E-state index < -0.39 is 5.60 Å². The number of hydrogen-bond donors (Lipinski definition) is 0. The van der Waals surface area contributed by atoms with E-state index >= 15 is 0 Å². The van der Waals surface area contributed by atoms with Crippen LogP contribution >= 0.6 is 22.9 Å². The summed E-state index contributed by atoms with van der Waals surface area (Å²) in [6, 6.07) is 10.7. The van der Waals surface area contributed by atoms with E-state index in [-0.39, 0.29) is 12.7 Å². The van der Waals surface area contributed by atoms with Gasteiger partial charge in [0.1, 0.15) is 5.75 Å². The summed E-state index contributed by atoms with van der Waals surface area (Å²) in [5, 5.41) is 0.607. The Bertz CT molecular complexity index is 1120. The number of thiazole rings is 1. The Morgan fingerprint density at radius 1 is 1.25 bits per heavy atom. The van der Waals surface area contributed by atoms with Crippen LogP contribution < -0.4 is 19.0 Å². The second kappa shape index (κ2) is 7.14. The number of nitrogens with zero attached hydrogens (tertiary/aromatic N) is 2. The standard InChI is InChI=1S/C20H19ClN2O4S/c1-4-23-14-9-15-16(26-11-25-15)10-17(14)28-19(23)22-18(24)20(2,3)27-13-7-5-12(21)6-8-13/h5-10H,4,11H2,1-3H3. The number of benzene rings is 2. The van der Waals surface area contributed by atoms with E-state index in [1.807, 2.05) is 23.6 Å². The molecule has 0 fully saturated rings. The van der Waals surface area contributed by atoms with Crippen LogP contribution in [-0.4, -0.2) is 22.9 Å². The molecule has 1 amide bonds. The van der Waals surface area contributed by atoms with Gasteiger partial charge < -0.3 is 18.8 Å². The molecule has 0 aliphatic carbocycles. The largest absolute Gasteiger partial charge is 0.478 e. The molecular formula is C20H19ClN2O4S. The van der Waals surface area contributed by atoms with Crippen LogP contribution in [0, 0.1) is 0 Å². The maximum atomic E-state index is 12.9. The zero-order valence-corrected chi connectivity index (χ0v) is 17.3. The van der Waals surface area contributed by atoms with Crippen molar-refractivity contribution in [3.63, 3.8) is 0 Å². The van der Waals surface area contributed by atoms with Gasteiger partial charge in [0, 0.05) is 23.7 Å². The van der Waals surface area contributed by atoms with Gasteiger partial charge in [0.15, 0.2) is 21.9 Å². The van der Waals surface area contributed by atoms with Crippen molar-refractivity contribution >= 4 is 39.1 Å². The minimum atomic E-state index is -1.12. The molecule has 28 heavy (non-hydrogen) atoms. The molecule has 0 atom stereocenters. The average molecular weight is 419 g/mol. The van der Waals surface area contributed by atoms with Crippen molar-refractivity contribution in [2.24, 2.45) is 4.99 Å². The number of aryl methyl sites for hydroxylation is 1. The number of aromatic nitrogens is 1. The fourth-order valence-corrected chi connectivity index (χ4v) is 4.14. The highest BCUT2D eigenvalue weighted by Crippen LogP contribution is 2.37. The molecule has 8 heteroatoms. The molecule has 1 aromatic heterocycles. The normalized spacial score (nSPS) is 13.9. The summed E-state index contributed by atoms with van der Waals surface area (Å²) < 4.78 is 19.7. The lowest BCUT2D eigenvalue weighted by Gasteiger charge is -2.22. The first kappa shape index (κ1) is 18.8. The maximum Gasteiger partial charge on any atom is 0.291 e. The summed E-state index contributed by atoms with van der Waals surface area (Å²) in [6.45, 7) is 6.31. The van der Waals surface area contributed by atoms with Gasteiger partial charge in [0.2, 0.25) is 6.79 Å². The Hall–Kier alpha value is -2.51. The number of carbonyl (C=O) groups is 1. The van der Waals surface area contributed by atoms with Gasteiger partial charge in [0.05, 0.1) is 10.2 Å². The van der Waals surface area contributed by atoms with Crippen LogP contribution in [-0.2, 0) is 11.3 Å². The molecular weight excluding hydrogens is 400 g/mol. The third kappa shape index (κ3) is 3.47. The minimum Gasteiger partial charge on any atom is -0.478 e. The second-order valence-electron chi connectivity index (χ2n) is 6.79. The van der Waals surface area contributed by atoms with Gasteiger partial charge >= 0.3 is 0 Å². The molecule has 3 aromatic rings. The zero-order chi connectivity index (χ0) is 19.9. The molecule has 0 N–H and O–H groups in total. The van der Waals surface area contributed by atoms with Gasteiger partial charge in [-0.05, 0) is 45.0 Å². The topological polar surface area (TPSA) is 62.1 Å². The third-order valence-corrected chi connectivity index (χ3v) is 5.69. The lowest BCUT2D eigenvalue weighted by atomic mass is 10.1.